The Labute approximate surface area is 269 Å². The summed E-state index contributed by atoms with van der Waals surface area (Å²) in [5.74, 6) is -2.64. The minimum Gasteiger partial charge on any atom is -0.377 e. The molecular weight excluding hydrogens is 624 g/mol. The standard InChI is InChI=1S/C16H20N2O7.C14H16N2O6/c19-13-1-2-14(20)17(13)5-7-23-9-11-25-12-10-24-8-6-18-15(21)3-4-16(18)22;17-11-1-2-12(18)15(11)5-7-21-9-10-22-8-6-16-13(19)3-4-14(16)20/h1-4H,5-12H2;1-4H,5-10H2. The van der Waals surface area contributed by atoms with Crippen molar-refractivity contribution in [1.82, 2.24) is 19.6 Å². The number of ether oxygens (including phenoxy) is 5. The summed E-state index contributed by atoms with van der Waals surface area (Å²) in [4.78, 5) is 94.5. The van der Waals surface area contributed by atoms with Gasteiger partial charge in [0.15, 0.2) is 0 Å². The molecule has 47 heavy (non-hydrogen) atoms. The van der Waals surface area contributed by atoms with E-state index in [2.05, 4.69) is 0 Å². The van der Waals surface area contributed by atoms with Crippen LogP contribution in [0.2, 0.25) is 0 Å². The quantitative estimate of drug-likeness (QED) is 0.0948. The van der Waals surface area contributed by atoms with E-state index in [-0.39, 0.29) is 99.9 Å². The Kier molecular flexibility index (Phi) is 15.5. The van der Waals surface area contributed by atoms with Crippen molar-refractivity contribution >= 4 is 47.3 Å². The van der Waals surface area contributed by atoms with Gasteiger partial charge in [0.05, 0.1) is 92.2 Å². The second-order valence-corrected chi connectivity index (χ2v) is 9.71. The molecule has 4 aliphatic rings. The van der Waals surface area contributed by atoms with E-state index in [4.69, 9.17) is 23.7 Å². The Hall–Kier alpha value is -4.68. The average molecular weight is 661 g/mol. The molecule has 0 fully saturated rings. The lowest BCUT2D eigenvalue weighted by molar-refractivity contribution is -0.139. The molecule has 4 heterocycles. The van der Waals surface area contributed by atoms with Crippen LogP contribution in [-0.4, -0.2) is 159 Å². The molecule has 17 nitrogen and oxygen atoms in total. The second kappa shape index (κ2) is 19.7. The number of imide groups is 4. The molecule has 8 amide bonds. The first-order valence-corrected chi connectivity index (χ1v) is 14.7. The number of carbonyl (C=O) groups is 8. The molecule has 4 aliphatic heterocycles. The van der Waals surface area contributed by atoms with Gasteiger partial charge in [0.2, 0.25) is 0 Å². The van der Waals surface area contributed by atoms with Crippen molar-refractivity contribution in [2.75, 3.05) is 92.2 Å². The first kappa shape index (κ1) is 36.8. The predicted molar refractivity (Wildman–Crippen MR) is 158 cm³/mol. The fraction of sp³-hybridized carbons (Fsp3) is 0.467. The van der Waals surface area contributed by atoms with Crippen LogP contribution in [-0.2, 0) is 62.0 Å². The van der Waals surface area contributed by atoms with Crippen LogP contribution in [0.5, 0.6) is 0 Å². The largest absolute Gasteiger partial charge is 0.377 e. The van der Waals surface area contributed by atoms with E-state index < -0.39 is 0 Å². The molecule has 0 radical (unpaired) electrons. The molecule has 0 saturated heterocycles. The van der Waals surface area contributed by atoms with Crippen LogP contribution in [0.25, 0.3) is 0 Å². The molecule has 0 aliphatic carbocycles. The van der Waals surface area contributed by atoms with Gasteiger partial charge in [-0.3, -0.25) is 58.0 Å². The fourth-order valence-electron chi connectivity index (χ4n) is 4.09. The minimum absolute atomic E-state index is 0.202. The summed E-state index contributed by atoms with van der Waals surface area (Å²) in [6, 6.07) is 0. The lowest BCUT2D eigenvalue weighted by Gasteiger charge is -2.14. The van der Waals surface area contributed by atoms with Crippen LogP contribution in [0, 0.1) is 0 Å². The highest BCUT2D eigenvalue weighted by Gasteiger charge is 2.25. The summed E-state index contributed by atoms with van der Waals surface area (Å²) in [6.07, 6.45) is 9.83. The summed E-state index contributed by atoms with van der Waals surface area (Å²) in [5.41, 5.74) is 0. The Bertz CT molecular complexity index is 1150. The van der Waals surface area contributed by atoms with Crippen molar-refractivity contribution in [2.45, 2.75) is 0 Å². The van der Waals surface area contributed by atoms with Gasteiger partial charge in [0.1, 0.15) is 0 Å². The summed E-state index contributed by atoms with van der Waals surface area (Å²) >= 11 is 0. The van der Waals surface area contributed by atoms with E-state index in [1.54, 1.807) is 0 Å². The maximum absolute atomic E-state index is 11.3. The van der Waals surface area contributed by atoms with Gasteiger partial charge in [0, 0.05) is 48.6 Å². The molecule has 0 bridgehead atoms. The molecule has 0 saturated carbocycles. The number of carbonyl (C=O) groups excluding carboxylic acids is 8. The normalized spacial score (nSPS) is 17.1. The van der Waals surface area contributed by atoms with Crippen LogP contribution >= 0.6 is 0 Å². The lowest BCUT2D eigenvalue weighted by Crippen LogP contribution is -2.34. The van der Waals surface area contributed by atoms with Crippen LogP contribution in [0.1, 0.15) is 0 Å². The zero-order chi connectivity index (χ0) is 34.0. The molecule has 0 spiro atoms. The van der Waals surface area contributed by atoms with Gasteiger partial charge in [-0.05, 0) is 0 Å². The SMILES string of the molecule is O=C1C=CC(=O)N1CCOCCOCCN1C(=O)C=CC1=O.O=C1C=CC(=O)N1CCOCCOCCOCCN1C(=O)C=CC1=O. The summed E-state index contributed by atoms with van der Waals surface area (Å²) in [7, 11) is 0. The summed E-state index contributed by atoms with van der Waals surface area (Å²) < 4.78 is 26.4. The van der Waals surface area contributed by atoms with Gasteiger partial charge >= 0.3 is 0 Å². The molecule has 254 valence electrons. The van der Waals surface area contributed by atoms with Crippen LogP contribution in [0.4, 0.5) is 0 Å². The number of amides is 8. The fourth-order valence-corrected chi connectivity index (χ4v) is 4.09. The molecule has 0 N–H and O–H groups in total. The second-order valence-electron chi connectivity index (χ2n) is 9.71. The first-order chi connectivity index (χ1) is 22.7. The Morgan fingerprint density at radius 3 is 0.596 bits per heavy atom. The van der Waals surface area contributed by atoms with Crippen molar-refractivity contribution < 1.29 is 62.0 Å². The van der Waals surface area contributed by atoms with Crippen molar-refractivity contribution in [2.24, 2.45) is 0 Å². The van der Waals surface area contributed by atoms with Gasteiger partial charge in [-0.2, -0.15) is 0 Å². The monoisotopic (exact) mass is 660 g/mol. The third-order valence-corrected chi connectivity index (χ3v) is 6.56. The van der Waals surface area contributed by atoms with Crippen molar-refractivity contribution in [3.63, 3.8) is 0 Å². The van der Waals surface area contributed by atoms with Crippen molar-refractivity contribution in [3.8, 4) is 0 Å². The third-order valence-electron chi connectivity index (χ3n) is 6.56. The van der Waals surface area contributed by atoms with E-state index in [9.17, 15) is 38.4 Å². The predicted octanol–water partition coefficient (Wildman–Crippen LogP) is -2.24. The van der Waals surface area contributed by atoms with Gasteiger partial charge in [-0.15, -0.1) is 0 Å². The lowest BCUT2D eigenvalue weighted by atomic mass is 10.5. The molecule has 0 aromatic rings. The van der Waals surface area contributed by atoms with Crippen molar-refractivity contribution in [1.29, 1.82) is 0 Å². The average Bonchev–Trinajstić information content (AvgIpc) is 3.76. The molecule has 0 aromatic carbocycles. The number of hydrogen-bond donors (Lipinski definition) is 0. The zero-order valence-electron chi connectivity index (χ0n) is 25.6. The van der Waals surface area contributed by atoms with Crippen LogP contribution in [0.3, 0.4) is 0 Å². The molecule has 0 unspecified atom stereocenters. The van der Waals surface area contributed by atoms with Gasteiger partial charge in [-0.1, -0.05) is 0 Å². The van der Waals surface area contributed by atoms with Gasteiger partial charge in [-0.25, -0.2) is 0 Å². The van der Waals surface area contributed by atoms with E-state index in [1.165, 1.54) is 48.6 Å². The molecule has 4 rings (SSSR count). The highest BCUT2D eigenvalue weighted by atomic mass is 16.5. The highest BCUT2D eigenvalue weighted by Crippen LogP contribution is 2.05. The summed E-state index contributed by atoms with van der Waals surface area (Å²) in [6.45, 7) is 3.80. The zero-order valence-corrected chi connectivity index (χ0v) is 25.6. The van der Waals surface area contributed by atoms with E-state index in [1.807, 2.05) is 0 Å². The third kappa shape index (κ3) is 12.2. The number of hydrogen-bond acceptors (Lipinski definition) is 13. The topological polar surface area (TPSA) is 196 Å². The van der Waals surface area contributed by atoms with Crippen molar-refractivity contribution in [3.05, 3.63) is 48.6 Å². The van der Waals surface area contributed by atoms with E-state index >= 15 is 0 Å². The van der Waals surface area contributed by atoms with Crippen LogP contribution < -0.4 is 0 Å². The minimum atomic E-state index is -0.335. The highest BCUT2D eigenvalue weighted by molar-refractivity contribution is 6.14. The maximum atomic E-state index is 11.3. The molecule has 0 aromatic heterocycles. The van der Waals surface area contributed by atoms with Gasteiger partial charge < -0.3 is 23.7 Å². The molecule has 17 heteroatoms. The smallest absolute Gasteiger partial charge is 0.253 e. The Balaban J connectivity index is 0.000000257. The number of rotatable bonds is 21. The Morgan fingerprint density at radius 2 is 0.426 bits per heavy atom. The molecule has 0 atom stereocenters. The molecular formula is C30H36N4O13. The van der Waals surface area contributed by atoms with E-state index in [0.717, 1.165) is 19.6 Å². The summed E-state index contributed by atoms with van der Waals surface area (Å²) in [5, 5.41) is 0. The Morgan fingerprint density at radius 1 is 0.277 bits per heavy atom. The van der Waals surface area contributed by atoms with E-state index in [0.29, 0.717) is 39.6 Å². The maximum Gasteiger partial charge on any atom is 0.253 e. The van der Waals surface area contributed by atoms with Crippen LogP contribution in [0.15, 0.2) is 48.6 Å². The van der Waals surface area contributed by atoms with Gasteiger partial charge in [0.25, 0.3) is 47.3 Å². The first-order valence-electron chi connectivity index (χ1n) is 14.7. The number of nitrogens with zero attached hydrogens (tertiary/aromatic N) is 4.